The molecular formula is C14H23F3N4. The molecule has 3 atom stereocenters. The monoisotopic (exact) mass is 304 g/mol. The minimum absolute atomic E-state index is 0.0860. The quantitative estimate of drug-likeness (QED) is 0.910. The Hall–Kier alpha value is -1.11. The van der Waals surface area contributed by atoms with Gasteiger partial charge in [-0.2, -0.15) is 18.3 Å². The fourth-order valence-corrected chi connectivity index (χ4v) is 3.14. The minimum Gasteiger partial charge on any atom is -0.327 e. The van der Waals surface area contributed by atoms with Crippen molar-refractivity contribution in [3.05, 3.63) is 12.2 Å². The molecule has 1 heterocycles. The molecule has 1 aliphatic carbocycles. The Balaban J connectivity index is 1.96. The van der Waals surface area contributed by atoms with Crippen LogP contribution in [-0.4, -0.2) is 27.0 Å². The molecule has 0 spiro atoms. The van der Waals surface area contributed by atoms with Gasteiger partial charge in [0.25, 0.3) is 0 Å². The lowest BCUT2D eigenvalue weighted by molar-refractivity contribution is -0.186. The van der Waals surface area contributed by atoms with Crippen molar-refractivity contribution in [1.82, 2.24) is 14.8 Å². The Kier molecular flexibility index (Phi) is 5.24. The van der Waals surface area contributed by atoms with Gasteiger partial charge in [-0.15, -0.1) is 0 Å². The molecule has 0 bridgehead atoms. The van der Waals surface area contributed by atoms with Crippen LogP contribution in [0.25, 0.3) is 0 Å². The maximum absolute atomic E-state index is 12.9. The molecular weight excluding hydrogens is 281 g/mol. The minimum atomic E-state index is -4.10. The highest BCUT2D eigenvalue weighted by molar-refractivity contribution is 4.93. The third-order valence-corrected chi connectivity index (χ3v) is 4.33. The third-order valence-electron chi connectivity index (χ3n) is 4.33. The number of aromatic nitrogens is 3. The predicted octanol–water partition coefficient (Wildman–Crippen LogP) is 2.93. The number of nitrogens with two attached hydrogens (primary N) is 1. The van der Waals surface area contributed by atoms with E-state index in [1.807, 2.05) is 6.92 Å². The Morgan fingerprint density at radius 3 is 2.86 bits per heavy atom. The smallest absolute Gasteiger partial charge is 0.327 e. The van der Waals surface area contributed by atoms with Gasteiger partial charge in [0.1, 0.15) is 12.2 Å². The van der Waals surface area contributed by atoms with Gasteiger partial charge in [0.15, 0.2) is 0 Å². The SMILES string of the molecule is CCCn1ncnc1CC(N)C1CCCC(C(F)(F)F)C1. The first-order chi connectivity index (χ1) is 9.91. The highest BCUT2D eigenvalue weighted by Crippen LogP contribution is 2.40. The highest BCUT2D eigenvalue weighted by atomic mass is 19.4. The first-order valence-corrected chi connectivity index (χ1v) is 7.60. The first kappa shape index (κ1) is 16.3. The molecule has 3 unspecified atom stereocenters. The summed E-state index contributed by atoms with van der Waals surface area (Å²) in [6.07, 6.45) is 0.573. The maximum Gasteiger partial charge on any atom is 0.391 e. The van der Waals surface area contributed by atoms with Crippen LogP contribution in [0.15, 0.2) is 6.33 Å². The number of hydrogen-bond donors (Lipinski definition) is 1. The summed E-state index contributed by atoms with van der Waals surface area (Å²) in [6, 6.07) is -0.282. The summed E-state index contributed by atoms with van der Waals surface area (Å²) in [5.41, 5.74) is 6.16. The van der Waals surface area contributed by atoms with E-state index >= 15 is 0 Å². The van der Waals surface area contributed by atoms with Gasteiger partial charge in [-0.1, -0.05) is 13.3 Å². The van der Waals surface area contributed by atoms with Crippen LogP contribution in [0.4, 0.5) is 13.2 Å². The van der Waals surface area contributed by atoms with E-state index in [9.17, 15) is 13.2 Å². The van der Waals surface area contributed by atoms with E-state index in [0.717, 1.165) is 25.2 Å². The van der Waals surface area contributed by atoms with Crippen molar-refractivity contribution >= 4 is 0 Å². The molecule has 0 aliphatic heterocycles. The van der Waals surface area contributed by atoms with Crippen LogP contribution >= 0.6 is 0 Å². The zero-order chi connectivity index (χ0) is 15.5. The Bertz CT molecular complexity index is 444. The summed E-state index contributed by atoms with van der Waals surface area (Å²) in [4.78, 5) is 4.19. The lowest BCUT2D eigenvalue weighted by Gasteiger charge is -2.33. The highest BCUT2D eigenvalue weighted by Gasteiger charge is 2.43. The van der Waals surface area contributed by atoms with E-state index in [4.69, 9.17) is 5.73 Å². The third kappa shape index (κ3) is 4.18. The molecule has 0 aromatic carbocycles. The lowest BCUT2D eigenvalue weighted by Crippen LogP contribution is -2.39. The van der Waals surface area contributed by atoms with Gasteiger partial charge in [0.2, 0.25) is 0 Å². The Morgan fingerprint density at radius 2 is 2.19 bits per heavy atom. The van der Waals surface area contributed by atoms with Gasteiger partial charge in [-0.25, -0.2) is 4.98 Å². The number of nitrogens with zero attached hydrogens (tertiary/aromatic N) is 3. The summed E-state index contributed by atoms with van der Waals surface area (Å²) in [6.45, 7) is 2.80. The number of alkyl halides is 3. The van der Waals surface area contributed by atoms with E-state index in [-0.39, 0.29) is 24.8 Å². The lowest BCUT2D eigenvalue weighted by atomic mass is 9.77. The van der Waals surface area contributed by atoms with Gasteiger partial charge < -0.3 is 5.73 Å². The molecule has 2 rings (SSSR count). The van der Waals surface area contributed by atoms with Gasteiger partial charge in [-0.3, -0.25) is 4.68 Å². The van der Waals surface area contributed by atoms with Gasteiger partial charge in [0, 0.05) is 19.0 Å². The molecule has 7 heteroatoms. The summed E-state index contributed by atoms with van der Waals surface area (Å²) in [5, 5.41) is 4.13. The van der Waals surface area contributed by atoms with Crippen LogP contribution < -0.4 is 5.73 Å². The number of halogens is 3. The first-order valence-electron chi connectivity index (χ1n) is 7.60. The molecule has 1 fully saturated rings. The van der Waals surface area contributed by atoms with E-state index in [2.05, 4.69) is 10.1 Å². The van der Waals surface area contributed by atoms with Crippen LogP contribution in [0, 0.1) is 11.8 Å². The molecule has 0 amide bonds. The molecule has 1 aliphatic rings. The molecule has 0 radical (unpaired) electrons. The van der Waals surface area contributed by atoms with Crippen molar-refractivity contribution < 1.29 is 13.2 Å². The van der Waals surface area contributed by atoms with E-state index in [0.29, 0.717) is 12.8 Å². The Morgan fingerprint density at radius 1 is 1.43 bits per heavy atom. The van der Waals surface area contributed by atoms with E-state index in [1.165, 1.54) is 6.33 Å². The van der Waals surface area contributed by atoms with Crippen molar-refractivity contribution in [1.29, 1.82) is 0 Å². The Labute approximate surface area is 122 Å². The summed E-state index contributed by atoms with van der Waals surface area (Å²) in [7, 11) is 0. The topological polar surface area (TPSA) is 56.7 Å². The predicted molar refractivity (Wildman–Crippen MR) is 73.5 cm³/mol. The second-order valence-electron chi connectivity index (χ2n) is 5.93. The normalized spacial score (nSPS) is 25.0. The summed E-state index contributed by atoms with van der Waals surface area (Å²) in [5.74, 6) is -0.508. The van der Waals surface area contributed by atoms with Crippen LogP contribution in [0.3, 0.4) is 0 Å². The van der Waals surface area contributed by atoms with E-state index < -0.39 is 12.1 Å². The molecule has 4 nitrogen and oxygen atoms in total. The molecule has 2 N–H and O–H groups in total. The van der Waals surface area contributed by atoms with Crippen LogP contribution in [0.5, 0.6) is 0 Å². The number of hydrogen-bond acceptors (Lipinski definition) is 3. The molecule has 21 heavy (non-hydrogen) atoms. The number of rotatable bonds is 5. The molecule has 1 aromatic rings. The average Bonchev–Trinajstić information content (AvgIpc) is 2.86. The average molecular weight is 304 g/mol. The maximum atomic E-state index is 12.9. The largest absolute Gasteiger partial charge is 0.391 e. The molecule has 0 saturated heterocycles. The second kappa shape index (κ2) is 6.77. The van der Waals surface area contributed by atoms with Crippen molar-refractivity contribution in [2.24, 2.45) is 17.6 Å². The zero-order valence-electron chi connectivity index (χ0n) is 12.3. The summed E-state index contributed by atoms with van der Waals surface area (Å²) < 4.78 is 40.4. The molecule has 1 saturated carbocycles. The van der Waals surface area contributed by atoms with Gasteiger partial charge in [0.05, 0.1) is 5.92 Å². The van der Waals surface area contributed by atoms with Crippen molar-refractivity contribution in [2.75, 3.05) is 0 Å². The van der Waals surface area contributed by atoms with E-state index in [1.54, 1.807) is 4.68 Å². The second-order valence-corrected chi connectivity index (χ2v) is 5.93. The van der Waals surface area contributed by atoms with Gasteiger partial charge >= 0.3 is 6.18 Å². The molecule has 120 valence electrons. The van der Waals surface area contributed by atoms with Gasteiger partial charge in [-0.05, 0) is 31.6 Å². The zero-order valence-corrected chi connectivity index (χ0v) is 12.3. The van der Waals surface area contributed by atoms with Crippen molar-refractivity contribution in [3.8, 4) is 0 Å². The molecule has 1 aromatic heterocycles. The fourth-order valence-electron chi connectivity index (χ4n) is 3.14. The number of aryl methyl sites for hydroxylation is 1. The van der Waals surface area contributed by atoms with Crippen molar-refractivity contribution in [2.45, 2.75) is 64.2 Å². The van der Waals surface area contributed by atoms with Crippen LogP contribution in [0.2, 0.25) is 0 Å². The fraction of sp³-hybridized carbons (Fsp3) is 0.857. The summed E-state index contributed by atoms with van der Waals surface area (Å²) >= 11 is 0. The van der Waals surface area contributed by atoms with Crippen molar-refractivity contribution in [3.63, 3.8) is 0 Å². The van der Waals surface area contributed by atoms with Crippen LogP contribution in [-0.2, 0) is 13.0 Å². The standard InChI is InChI=1S/C14H23F3N4/c1-2-6-21-13(19-9-20-21)8-12(18)10-4-3-5-11(7-10)14(15,16)17/h9-12H,2-8,18H2,1H3. The van der Waals surface area contributed by atoms with Crippen LogP contribution in [0.1, 0.15) is 44.9 Å².